The molecule has 7 nitrogen and oxygen atoms in total. The summed E-state index contributed by atoms with van der Waals surface area (Å²) in [5.41, 5.74) is 5.35. The van der Waals surface area contributed by atoms with Crippen LogP contribution in [0.15, 0.2) is 66.0 Å². The molecule has 1 atom stereocenters. The van der Waals surface area contributed by atoms with Gasteiger partial charge in [0, 0.05) is 30.1 Å². The molecular weight excluding hydrogens is 438 g/mol. The zero-order chi connectivity index (χ0) is 23.2. The molecule has 1 aromatic heterocycles. The standard InChI is InChI=1S/C25H27N3O4S/c1-32-17-22-4-2-14-27(22)16-18-6-8-20(9-7-18)24(29)26-28(25(30)31)21-12-10-19(11-13-21)23-5-3-15-33-23/h3,5-13,15,22H,2,4,14,16-17H2,1H3,(H,26,29)(H,30,31). The van der Waals surface area contributed by atoms with Gasteiger partial charge in [-0.3, -0.25) is 15.1 Å². The van der Waals surface area contributed by atoms with Gasteiger partial charge in [0.1, 0.15) is 0 Å². The number of benzene rings is 2. The van der Waals surface area contributed by atoms with Crippen molar-refractivity contribution >= 4 is 29.0 Å². The fraction of sp³-hybridized carbons (Fsp3) is 0.280. The first-order valence-electron chi connectivity index (χ1n) is 10.8. The van der Waals surface area contributed by atoms with Crippen LogP contribution in [0, 0.1) is 0 Å². The SMILES string of the molecule is COCC1CCCN1Cc1ccc(C(=O)NN(C(=O)O)c2ccc(-c3cccs3)cc2)cc1. The number of thiophene rings is 1. The Morgan fingerprint density at radius 3 is 2.55 bits per heavy atom. The Morgan fingerprint density at radius 1 is 1.15 bits per heavy atom. The van der Waals surface area contributed by atoms with E-state index in [9.17, 15) is 14.7 Å². The average Bonchev–Trinajstić information content (AvgIpc) is 3.51. The highest BCUT2D eigenvalue weighted by molar-refractivity contribution is 7.13. The summed E-state index contributed by atoms with van der Waals surface area (Å²) in [4.78, 5) is 28.0. The number of likely N-dealkylation sites (tertiary alicyclic amines) is 1. The third kappa shape index (κ3) is 5.60. The number of hydrazine groups is 1. The number of nitrogens with one attached hydrogen (secondary N) is 1. The van der Waals surface area contributed by atoms with Gasteiger partial charge < -0.3 is 9.84 Å². The van der Waals surface area contributed by atoms with Crippen LogP contribution in [0.5, 0.6) is 0 Å². The minimum Gasteiger partial charge on any atom is -0.463 e. The number of hydrogen-bond acceptors (Lipinski definition) is 5. The summed E-state index contributed by atoms with van der Waals surface area (Å²) >= 11 is 1.61. The van der Waals surface area contributed by atoms with Crippen molar-refractivity contribution < 1.29 is 19.4 Å². The van der Waals surface area contributed by atoms with Crippen molar-refractivity contribution in [2.75, 3.05) is 25.3 Å². The minimum atomic E-state index is -1.26. The maximum Gasteiger partial charge on any atom is 0.431 e. The molecule has 8 heteroatoms. The fourth-order valence-electron chi connectivity index (χ4n) is 4.09. The molecule has 3 aromatic rings. The second kappa shape index (κ2) is 10.6. The van der Waals surface area contributed by atoms with Crippen LogP contribution in [0.4, 0.5) is 10.5 Å². The summed E-state index contributed by atoms with van der Waals surface area (Å²) in [6.45, 7) is 2.56. The molecule has 1 aliphatic heterocycles. The molecular formula is C25H27N3O4S. The molecule has 2 amide bonds. The van der Waals surface area contributed by atoms with E-state index in [2.05, 4.69) is 10.3 Å². The van der Waals surface area contributed by atoms with Crippen molar-refractivity contribution in [1.82, 2.24) is 10.3 Å². The molecule has 2 N–H and O–H groups in total. The Hall–Kier alpha value is -3.20. The number of carboxylic acid groups (broad SMARTS) is 1. The van der Waals surface area contributed by atoms with E-state index in [1.165, 1.54) is 0 Å². The van der Waals surface area contributed by atoms with Gasteiger partial charge in [-0.15, -0.1) is 11.3 Å². The number of anilines is 1. The first-order valence-corrected chi connectivity index (χ1v) is 11.7. The Morgan fingerprint density at radius 2 is 1.91 bits per heavy atom. The highest BCUT2D eigenvalue weighted by atomic mass is 32.1. The molecule has 0 spiro atoms. The second-order valence-corrected chi connectivity index (χ2v) is 8.95. The van der Waals surface area contributed by atoms with Crippen molar-refractivity contribution in [2.24, 2.45) is 0 Å². The quantitative estimate of drug-likeness (QED) is 0.487. The second-order valence-electron chi connectivity index (χ2n) is 8.00. The van der Waals surface area contributed by atoms with E-state index < -0.39 is 12.0 Å². The molecule has 0 aliphatic carbocycles. The van der Waals surface area contributed by atoms with Gasteiger partial charge in [0.25, 0.3) is 5.91 Å². The zero-order valence-corrected chi connectivity index (χ0v) is 19.3. The van der Waals surface area contributed by atoms with Gasteiger partial charge in [0.15, 0.2) is 0 Å². The Labute approximate surface area is 197 Å². The predicted octanol–water partition coefficient (Wildman–Crippen LogP) is 4.86. The van der Waals surface area contributed by atoms with E-state index in [1.807, 2.05) is 41.8 Å². The first-order chi connectivity index (χ1) is 16.0. The lowest BCUT2D eigenvalue weighted by molar-refractivity contribution is 0.0944. The molecule has 172 valence electrons. The van der Waals surface area contributed by atoms with Crippen LogP contribution >= 0.6 is 11.3 Å². The molecule has 1 fully saturated rings. The van der Waals surface area contributed by atoms with Gasteiger partial charge in [-0.05, 0) is 66.2 Å². The third-order valence-corrected chi connectivity index (χ3v) is 6.71. The fourth-order valence-corrected chi connectivity index (χ4v) is 4.82. The highest BCUT2D eigenvalue weighted by Crippen LogP contribution is 2.27. The van der Waals surface area contributed by atoms with Crippen LogP contribution in [-0.2, 0) is 11.3 Å². The molecule has 1 unspecified atom stereocenters. The van der Waals surface area contributed by atoms with Gasteiger partial charge >= 0.3 is 6.09 Å². The van der Waals surface area contributed by atoms with Crippen molar-refractivity contribution in [3.63, 3.8) is 0 Å². The molecule has 1 saturated heterocycles. The van der Waals surface area contributed by atoms with Crippen LogP contribution in [0.1, 0.15) is 28.8 Å². The highest BCUT2D eigenvalue weighted by Gasteiger charge is 2.24. The number of nitrogens with zero attached hydrogens (tertiary/aromatic N) is 2. The van der Waals surface area contributed by atoms with E-state index in [1.54, 1.807) is 42.7 Å². The molecule has 2 aromatic carbocycles. The largest absolute Gasteiger partial charge is 0.463 e. The topological polar surface area (TPSA) is 82.1 Å². The number of carbonyl (C=O) groups is 2. The maximum atomic E-state index is 12.7. The summed E-state index contributed by atoms with van der Waals surface area (Å²) in [5.74, 6) is -0.482. The Kier molecular flexibility index (Phi) is 7.39. The summed E-state index contributed by atoms with van der Waals surface area (Å²) in [7, 11) is 1.72. The number of ether oxygens (including phenoxy) is 1. The lowest BCUT2D eigenvalue weighted by atomic mass is 10.1. The summed E-state index contributed by atoms with van der Waals surface area (Å²) in [5, 5.41) is 12.5. The summed E-state index contributed by atoms with van der Waals surface area (Å²) < 4.78 is 5.32. The maximum absolute atomic E-state index is 12.7. The molecule has 1 aliphatic rings. The normalized spacial score (nSPS) is 16.0. The Bertz CT molecular complexity index is 1070. The molecule has 4 rings (SSSR count). The van der Waals surface area contributed by atoms with E-state index in [0.29, 0.717) is 17.3 Å². The van der Waals surface area contributed by atoms with Gasteiger partial charge in [-0.1, -0.05) is 30.3 Å². The van der Waals surface area contributed by atoms with Crippen molar-refractivity contribution in [3.8, 4) is 10.4 Å². The number of amides is 2. The van der Waals surface area contributed by atoms with Crippen LogP contribution in [0.25, 0.3) is 10.4 Å². The van der Waals surface area contributed by atoms with Crippen LogP contribution in [0.3, 0.4) is 0 Å². The van der Waals surface area contributed by atoms with Crippen LogP contribution in [-0.4, -0.2) is 48.3 Å². The molecule has 0 bridgehead atoms. The number of methoxy groups -OCH3 is 1. The molecule has 33 heavy (non-hydrogen) atoms. The molecule has 0 radical (unpaired) electrons. The van der Waals surface area contributed by atoms with E-state index in [-0.39, 0.29) is 0 Å². The molecule has 0 saturated carbocycles. The van der Waals surface area contributed by atoms with Gasteiger partial charge in [0.05, 0.1) is 12.3 Å². The van der Waals surface area contributed by atoms with Gasteiger partial charge in [0.2, 0.25) is 0 Å². The van der Waals surface area contributed by atoms with Crippen molar-refractivity contribution in [2.45, 2.75) is 25.4 Å². The van der Waals surface area contributed by atoms with E-state index in [0.717, 1.165) is 53.6 Å². The zero-order valence-electron chi connectivity index (χ0n) is 18.4. The lowest BCUT2D eigenvalue weighted by Crippen LogP contribution is -2.45. The van der Waals surface area contributed by atoms with Gasteiger partial charge in [-0.2, -0.15) is 5.01 Å². The van der Waals surface area contributed by atoms with E-state index in [4.69, 9.17) is 4.74 Å². The minimum absolute atomic E-state index is 0.367. The Balaban J connectivity index is 1.41. The number of hydrogen-bond donors (Lipinski definition) is 2. The lowest BCUT2D eigenvalue weighted by Gasteiger charge is -2.24. The van der Waals surface area contributed by atoms with Crippen LogP contribution in [0.2, 0.25) is 0 Å². The van der Waals surface area contributed by atoms with Crippen molar-refractivity contribution in [3.05, 3.63) is 77.2 Å². The van der Waals surface area contributed by atoms with Crippen LogP contribution < -0.4 is 10.4 Å². The molecule has 2 heterocycles. The predicted molar refractivity (Wildman–Crippen MR) is 129 cm³/mol. The third-order valence-electron chi connectivity index (χ3n) is 5.80. The smallest absolute Gasteiger partial charge is 0.431 e. The van der Waals surface area contributed by atoms with Crippen molar-refractivity contribution in [1.29, 1.82) is 0 Å². The number of rotatable bonds is 7. The summed E-state index contributed by atoms with van der Waals surface area (Å²) in [6, 6.07) is 18.7. The van der Waals surface area contributed by atoms with E-state index >= 15 is 0 Å². The number of carbonyl (C=O) groups excluding carboxylic acids is 1. The average molecular weight is 466 g/mol. The monoisotopic (exact) mass is 465 g/mol. The van der Waals surface area contributed by atoms with Gasteiger partial charge in [-0.25, -0.2) is 4.79 Å². The summed E-state index contributed by atoms with van der Waals surface area (Å²) in [6.07, 6.45) is 1.03. The first kappa shape index (κ1) is 23.0.